The highest BCUT2D eigenvalue weighted by Gasteiger charge is 2.25. The van der Waals surface area contributed by atoms with Crippen LogP contribution in [0.3, 0.4) is 0 Å². The smallest absolute Gasteiger partial charge is 0.264 e. The summed E-state index contributed by atoms with van der Waals surface area (Å²) in [5.74, 6) is 0.506. The minimum atomic E-state index is -3.32. The fraction of sp³-hybridized carbons (Fsp3) is 0.615. The van der Waals surface area contributed by atoms with Gasteiger partial charge in [0.15, 0.2) is 0 Å². The van der Waals surface area contributed by atoms with E-state index in [1.807, 2.05) is 13.1 Å². The summed E-state index contributed by atoms with van der Waals surface area (Å²) in [5.41, 5.74) is 2.34. The molecule has 0 unspecified atom stereocenters. The molecule has 0 aromatic carbocycles. The summed E-state index contributed by atoms with van der Waals surface area (Å²) in [6.45, 7) is 1.99. The van der Waals surface area contributed by atoms with Crippen LogP contribution >= 0.6 is 0 Å². The molecule has 5 heteroatoms. The molecule has 1 fully saturated rings. The molecule has 0 N–H and O–H groups in total. The second-order valence-electron chi connectivity index (χ2n) is 5.00. The van der Waals surface area contributed by atoms with Crippen LogP contribution in [0.25, 0.3) is 0 Å². The van der Waals surface area contributed by atoms with Crippen molar-refractivity contribution in [3.05, 3.63) is 29.6 Å². The summed E-state index contributed by atoms with van der Waals surface area (Å²) in [6, 6.07) is 4.16. The zero-order valence-electron chi connectivity index (χ0n) is 10.8. The van der Waals surface area contributed by atoms with Gasteiger partial charge < -0.3 is 0 Å². The van der Waals surface area contributed by atoms with Crippen molar-refractivity contribution < 1.29 is 12.6 Å². The van der Waals surface area contributed by atoms with Gasteiger partial charge in [0.25, 0.3) is 10.1 Å². The molecule has 2 rings (SSSR count). The topological polar surface area (TPSA) is 56.3 Å². The predicted octanol–water partition coefficient (Wildman–Crippen LogP) is 2.39. The Hall–Kier alpha value is -0.940. The van der Waals surface area contributed by atoms with Gasteiger partial charge >= 0.3 is 0 Å². The van der Waals surface area contributed by atoms with Crippen LogP contribution in [-0.2, 0) is 14.3 Å². The summed E-state index contributed by atoms with van der Waals surface area (Å²) in [4.78, 5) is 4.19. The molecule has 1 saturated carbocycles. The minimum absolute atomic E-state index is 0.140. The Bertz CT molecular complexity index is 505. The molecule has 100 valence electrons. The van der Waals surface area contributed by atoms with Gasteiger partial charge in [-0.05, 0) is 56.2 Å². The van der Waals surface area contributed by atoms with Crippen molar-refractivity contribution in [3.63, 3.8) is 0 Å². The first-order valence-electron chi connectivity index (χ1n) is 6.25. The Balaban J connectivity index is 1.94. The van der Waals surface area contributed by atoms with E-state index in [0.29, 0.717) is 5.92 Å². The van der Waals surface area contributed by atoms with Crippen molar-refractivity contribution in [2.45, 2.75) is 44.6 Å². The average molecular weight is 269 g/mol. The van der Waals surface area contributed by atoms with Gasteiger partial charge in [-0.15, -0.1) is 0 Å². The first-order chi connectivity index (χ1) is 8.44. The van der Waals surface area contributed by atoms with E-state index in [-0.39, 0.29) is 6.10 Å². The molecule has 0 saturated heterocycles. The zero-order chi connectivity index (χ0) is 13.2. The lowest BCUT2D eigenvalue weighted by Crippen LogP contribution is -2.23. The van der Waals surface area contributed by atoms with E-state index in [1.165, 1.54) is 5.56 Å². The first kappa shape index (κ1) is 13.5. The van der Waals surface area contributed by atoms with E-state index in [9.17, 15) is 8.42 Å². The van der Waals surface area contributed by atoms with Gasteiger partial charge in [-0.1, -0.05) is 0 Å². The molecule has 0 radical (unpaired) electrons. The fourth-order valence-corrected chi connectivity index (χ4v) is 3.25. The Morgan fingerprint density at radius 3 is 2.50 bits per heavy atom. The number of nitrogens with zero attached hydrogens (tertiary/aromatic N) is 1. The summed E-state index contributed by atoms with van der Waals surface area (Å²) < 4.78 is 27.2. The highest BCUT2D eigenvalue weighted by atomic mass is 32.2. The van der Waals surface area contributed by atoms with Crippen LogP contribution in [0, 0.1) is 6.92 Å². The van der Waals surface area contributed by atoms with E-state index >= 15 is 0 Å². The molecule has 1 heterocycles. The van der Waals surface area contributed by atoms with Crippen molar-refractivity contribution in [2.75, 3.05) is 6.26 Å². The number of hydrogen-bond donors (Lipinski definition) is 0. The highest BCUT2D eigenvalue weighted by Crippen LogP contribution is 2.34. The van der Waals surface area contributed by atoms with Gasteiger partial charge in [0.2, 0.25) is 0 Å². The monoisotopic (exact) mass is 269 g/mol. The standard InChI is InChI=1S/C13H19NO3S/c1-10-9-12(7-8-14-10)11-3-5-13(6-4-11)17-18(2,15)16/h7-9,11,13H,3-6H2,1-2H3. The molecular weight excluding hydrogens is 250 g/mol. The van der Waals surface area contributed by atoms with Gasteiger partial charge in [-0.2, -0.15) is 8.42 Å². The number of pyridine rings is 1. The molecule has 0 amide bonds. The van der Waals surface area contributed by atoms with E-state index in [0.717, 1.165) is 37.6 Å². The summed E-state index contributed by atoms with van der Waals surface area (Å²) in [6.07, 6.45) is 6.37. The Morgan fingerprint density at radius 1 is 1.28 bits per heavy atom. The summed E-state index contributed by atoms with van der Waals surface area (Å²) in [5, 5.41) is 0. The van der Waals surface area contributed by atoms with Crippen molar-refractivity contribution in [3.8, 4) is 0 Å². The van der Waals surface area contributed by atoms with Crippen LogP contribution in [0.1, 0.15) is 42.9 Å². The van der Waals surface area contributed by atoms with Crippen LogP contribution < -0.4 is 0 Å². The molecule has 0 atom stereocenters. The second kappa shape index (κ2) is 5.36. The van der Waals surface area contributed by atoms with Crippen LogP contribution in [0.5, 0.6) is 0 Å². The van der Waals surface area contributed by atoms with Gasteiger partial charge in [0.05, 0.1) is 12.4 Å². The third-order valence-electron chi connectivity index (χ3n) is 3.38. The molecule has 1 aromatic heterocycles. The van der Waals surface area contributed by atoms with Crippen LogP contribution in [-0.4, -0.2) is 25.8 Å². The maximum atomic E-state index is 11.1. The summed E-state index contributed by atoms with van der Waals surface area (Å²) in [7, 11) is -3.32. The Labute approximate surface area is 109 Å². The number of hydrogen-bond acceptors (Lipinski definition) is 4. The van der Waals surface area contributed by atoms with Crippen molar-refractivity contribution >= 4 is 10.1 Å². The summed E-state index contributed by atoms with van der Waals surface area (Å²) >= 11 is 0. The van der Waals surface area contributed by atoms with E-state index < -0.39 is 10.1 Å². The molecule has 1 aliphatic carbocycles. The van der Waals surface area contributed by atoms with Crippen molar-refractivity contribution in [1.29, 1.82) is 0 Å². The molecule has 4 nitrogen and oxygen atoms in total. The first-order valence-corrected chi connectivity index (χ1v) is 8.06. The lowest BCUT2D eigenvalue weighted by Gasteiger charge is -2.28. The van der Waals surface area contributed by atoms with E-state index in [4.69, 9.17) is 4.18 Å². The van der Waals surface area contributed by atoms with Gasteiger partial charge in [0, 0.05) is 11.9 Å². The molecule has 0 bridgehead atoms. The Morgan fingerprint density at radius 2 is 1.94 bits per heavy atom. The maximum Gasteiger partial charge on any atom is 0.264 e. The van der Waals surface area contributed by atoms with Crippen molar-refractivity contribution in [2.24, 2.45) is 0 Å². The second-order valence-corrected chi connectivity index (χ2v) is 6.61. The van der Waals surface area contributed by atoms with Crippen molar-refractivity contribution in [1.82, 2.24) is 4.98 Å². The molecule has 0 aliphatic heterocycles. The van der Waals surface area contributed by atoms with E-state index in [2.05, 4.69) is 17.1 Å². The minimum Gasteiger partial charge on any atom is -0.267 e. The number of rotatable bonds is 3. The number of aromatic nitrogens is 1. The fourth-order valence-electron chi connectivity index (χ4n) is 2.56. The van der Waals surface area contributed by atoms with E-state index in [1.54, 1.807) is 0 Å². The van der Waals surface area contributed by atoms with Gasteiger partial charge in [-0.25, -0.2) is 0 Å². The molecule has 0 spiro atoms. The predicted molar refractivity (Wildman–Crippen MR) is 69.9 cm³/mol. The SMILES string of the molecule is Cc1cc(C2CCC(OS(C)(=O)=O)CC2)ccn1. The Kier molecular flexibility index (Phi) is 4.02. The molecule has 1 aliphatic rings. The third kappa shape index (κ3) is 3.78. The van der Waals surface area contributed by atoms with Gasteiger partial charge in [0.1, 0.15) is 0 Å². The number of aryl methyl sites for hydroxylation is 1. The van der Waals surface area contributed by atoms with Crippen LogP contribution in [0.2, 0.25) is 0 Å². The average Bonchev–Trinajstić information content (AvgIpc) is 2.28. The zero-order valence-corrected chi connectivity index (χ0v) is 11.6. The molecule has 1 aromatic rings. The van der Waals surface area contributed by atoms with Gasteiger partial charge in [-0.3, -0.25) is 9.17 Å². The normalized spacial score (nSPS) is 25.0. The van der Waals surface area contributed by atoms with Crippen LogP contribution in [0.15, 0.2) is 18.3 Å². The molecule has 18 heavy (non-hydrogen) atoms. The highest BCUT2D eigenvalue weighted by molar-refractivity contribution is 7.86. The third-order valence-corrected chi connectivity index (χ3v) is 4.00. The maximum absolute atomic E-state index is 11.1. The lowest BCUT2D eigenvalue weighted by atomic mass is 9.83. The quantitative estimate of drug-likeness (QED) is 0.791. The largest absolute Gasteiger partial charge is 0.267 e. The molecular formula is C13H19NO3S. The van der Waals surface area contributed by atoms with Crippen LogP contribution in [0.4, 0.5) is 0 Å². The lowest BCUT2D eigenvalue weighted by molar-refractivity contribution is 0.155.